The van der Waals surface area contributed by atoms with Crippen LogP contribution in [-0.4, -0.2) is 16.9 Å². The van der Waals surface area contributed by atoms with Gasteiger partial charge in [-0.05, 0) is 78.8 Å². The summed E-state index contributed by atoms with van der Waals surface area (Å²) in [6.07, 6.45) is 11.4. The lowest BCUT2D eigenvalue weighted by Crippen LogP contribution is -2.43. The molecule has 3 heteroatoms. The zero-order valence-electron chi connectivity index (χ0n) is 17.0. The van der Waals surface area contributed by atoms with E-state index in [1.54, 1.807) is 0 Å². The van der Waals surface area contributed by atoms with E-state index in [0.29, 0.717) is 18.3 Å². The maximum absolute atomic E-state index is 12.4. The van der Waals surface area contributed by atoms with Crippen molar-refractivity contribution in [1.29, 1.82) is 0 Å². The van der Waals surface area contributed by atoms with Gasteiger partial charge in [0.05, 0.1) is 11.1 Å². The van der Waals surface area contributed by atoms with E-state index in [0.717, 1.165) is 36.1 Å². The van der Waals surface area contributed by atoms with E-state index in [9.17, 15) is 4.79 Å². The predicted octanol–water partition coefficient (Wildman–Crippen LogP) is 5.86. The second-order valence-electron chi connectivity index (χ2n) is 9.57. The number of pyridine rings is 1. The maximum atomic E-state index is 12.4. The smallest absolute Gasteiger partial charge is 0.166 e. The molecule has 0 bridgehead atoms. The number of rotatable bonds is 1. The number of benzene rings is 1. The van der Waals surface area contributed by atoms with Crippen molar-refractivity contribution in [3.63, 3.8) is 0 Å². The first kappa shape index (κ1) is 17.4. The van der Waals surface area contributed by atoms with Crippen LogP contribution in [0.1, 0.15) is 63.4 Å². The highest BCUT2D eigenvalue weighted by atomic mass is 16.5. The Bertz CT molecular complexity index is 1080. The van der Waals surface area contributed by atoms with Crippen molar-refractivity contribution in [2.24, 2.45) is 11.3 Å². The van der Waals surface area contributed by atoms with Gasteiger partial charge in [-0.2, -0.15) is 0 Å². The van der Waals surface area contributed by atoms with E-state index >= 15 is 0 Å². The number of nitrogens with zero attached hydrogens (tertiary/aromatic N) is 1. The minimum atomic E-state index is 0.172. The third-order valence-corrected chi connectivity index (χ3v) is 8.13. The lowest BCUT2D eigenvalue weighted by molar-refractivity contribution is -0.116. The molecule has 1 aromatic carbocycles. The molecule has 2 aromatic rings. The topological polar surface area (TPSA) is 39.2 Å². The highest BCUT2D eigenvalue weighted by molar-refractivity contribution is 5.99. The van der Waals surface area contributed by atoms with Crippen molar-refractivity contribution >= 4 is 16.7 Å². The molecule has 4 atom stereocenters. The molecule has 2 saturated carbocycles. The number of hydrogen-bond donors (Lipinski definition) is 0. The lowest BCUT2D eigenvalue weighted by Gasteiger charge is -2.48. The van der Waals surface area contributed by atoms with Crippen LogP contribution in [0, 0.1) is 11.3 Å². The molecule has 0 radical (unpaired) electrons. The number of hydrogen-bond acceptors (Lipinski definition) is 3. The predicted molar refractivity (Wildman–Crippen MR) is 113 cm³/mol. The van der Waals surface area contributed by atoms with E-state index < -0.39 is 0 Å². The van der Waals surface area contributed by atoms with Gasteiger partial charge in [-0.15, -0.1) is 0 Å². The van der Waals surface area contributed by atoms with E-state index in [1.165, 1.54) is 35.8 Å². The summed E-state index contributed by atoms with van der Waals surface area (Å²) in [6.45, 7) is 2.48. The first-order chi connectivity index (χ1) is 14.1. The fraction of sp³-hybridized carbons (Fsp3) is 0.462. The SMILES string of the molecule is C[C@]12CCC3=CC4=C(CCCC4=O)O[C@H]3[C@@H]1CCC2c1ccc2ncccc2c1. The Kier molecular flexibility index (Phi) is 3.78. The monoisotopic (exact) mass is 385 g/mol. The third-order valence-electron chi connectivity index (χ3n) is 8.13. The Morgan fingerprint density at radius 1 is 1.14 bits per heavy atom. The minimum Gasteiger partial charge on any atom is -0.489 e. The number of Topliss-reactive ketones (excluding diaryl/α,β-unsaturated/α-hetero) is 1. The zero-order valence-corrected chi connectivity index (χ0v) is 17.0. The molecule has 6 rings (SSSR count). The van der Waals surface area contributed by atoms with E-state index in [4.69, 9.17) is 4.74 Å². The number of fused-ring (bicyclic) bond motifs is 4. The highest BCUT2D eigenvalue weighted by Crippen LogP contribution is 2.62. The van der Waals surface area contributed by atoms with Crippen molar-refractivity contribution in [2.75, 3.05) is 0 Å². The molecule has 0 spiro atoms. The first-order valence-electron chi connectivity index (χ1n) is 11.1. The van der Waals surface area contributed by atoms with Gasteiger partial charge >= 0.3 is 0 Å². The van der Waals surface area contributed by atoms with E-state index in [1.807, 2.05) is 12.3 Å². The van der Waals surface area contributed by atoms with Gasteiger partial charge in [0, 0.05) is 30.3 Å². The Morgan fingerprint density at radius 3 is 3.00 bits per heavy atom. The lowest BCUT2D eigenvalue weighted by atomic mass is 9.61. The van der Waals surface area contributed by atoms with E-state index in [-0.39, 0.29) is 17.3 Å². The number of ether oxygens (including phenoxy) is 1. The molecule has 2 fully saturated rings. The summed E-state index contributed by atoms with van der Waals surface area (Å²) < 4.78 is 6.58. The molecule has 3 aliphatic carbocycles. The van der Waals surface area contributed by atoms with Crippen molar-refractivity contribution in [2.45, 2.75) is 63.9 Å². The average Bonchev–Trinajstić information content (AvgIpc) is 3.10. The van der Waals surface area contributed by atoms with Crippen LogP contribution in [0.25, 0.3) is 10.9 Å². The number of ketones is 1. The van der Waals surface area contributed by atoms with Gasteiger partial charge in [-0.1, -0.05) is 19.1 Å². The Morgan fingerprint density at radius 2 is 2.07 bits per heavy atom. The average molecular weight is 386 g/mol. The normalized spacial score (nSPS) is 33.6. The van der Waals surface area contributed by atoms with Gasteiger partial charge in [0.25, 0.3) is 0 Å². The summed E-state index contributed by atoms with van der Waals surface area (Å²) in [5, 5.41) is 1.23. The van der Waals surface area contributed by atoms with Crippen molar-refractivity contribution in [1.82, 2.24) is 4.98 Å². The van der Waals surface area contributed by atoms with Gasteiger partial charge in [-0.25, -0.2) is 0 Å². The molecule has 29 heavy (non-hydrogen) atoms. The molecule has 0 saturated heterocycles. The van der Waals surface area contributed by atoms with Crippen LogP contribution in [0.15, 0.2) is 59.5 Å². The molecule has 3 nitrogen and oxygen atoms in total. The highest BCUT2D eigenvalue weighted by Gasteiger charge is 2.54. The first-order valence-corrected chi connectivity index (χ1v) is 11.1. The van der Waals surface area contributed by atoms with Crippen molar-refractivity contribution < 1.29 is 9.53 Å². The Labute approximate surface area is 171 Å². The van der Waals surface area contributed by atoms with E-state index in [2.05, 4.69) is 42.2 Å². The molecular weight excluding hydrogens is 358 g/mol. The van der Waals surface area contributed by atoms with Gasteiger partial charge in [0.15, 0.2) is 5.78 Å². The fourth-order valence-electron chi connectivity index (χ4n) is 6.56. The third kappa shape index (κ3) is 2.56. The molecule has 1 aliphatic heterocycles. The standard InChI is InChI=1S/C26H27NO2/c1-26-12-11-18-15-19-23(28)5-2-6-24(19)29-25(18)21(26)9-8-20(26)16-7-10-22-17(14-16)4-3-13-27-22/h3-4,7,10,13-15,20-21,25H,2,5-6,8-9,11-12H2,1H3/t20?,21-,25+,26+/m0/s1. The molecule has 148 valence electrons. The summed E-state index contributed by atoms with van der Waals surface area (Å²) in [6, 6.07) is 11.0. The second kappa shape index (κ2) is 6.29. The minimum absolute atomic E-state index is 0.172. The quantitative estimate of drug-likeness (QED) is 0.617. The molecule has 1 aromatic heterocycles. The molecule has 0 N–H and O–H groups in total. The molecule has 4 aliphatic rings. The van der Waals surface area contributed by atoms with Gasteiger partial charge in [0.1, 0.15) is 11.9 Å². The molecule has 2 heterocycles. The maximum Gasteiger partial charge on any atom is 0.166 e. The van der Waals surface area contributed by atoms with Gasteiger partial charge in [0.2, 0.25) is 0 Å². The number of allylic oxidation sites excluding steroid dienone is 3. The Balaban J connectivity index is 1.34. The number of carbonyl (C=O) groups is 1. The summed E-state index contributed by atoms with van der Waals surface area (Å²) in [7, 11) is 0. The van der Waals surface area contributed by atoms with Crippen molar-refractivity contribution in [3.05, 3.63) is 65.1 Å². The summed E-state index contributed by atoms with van der Waals surface area (Å²) >= 11 is 0. The molecular formula is C26H27NO2. The van der Waals surface area contributed by atoms with Gasteiger partial charge in [-0.3, -0.25) is 9.78 Å². The van der Waals surface area contributed by atoms with Gasteiger partial charge < -0.3 is 4.74 Å². The number of carbonyl (C=O) groups excluding carboxylic acids is 1. The van der Waals surface area contributed by atoms with Crippen LogP contribution in [0.4, 0.5) is 0 Å². The molecule has 0 amide bonds. The van der Waals surface area contributed by atoms with Crippen LogP contribution in [-0.2, 0) is 9.53 Å². The zero-order chi connectivity index (χ0) is 19.6. The largest absolute Gasteiger partial charge is 0.489 e. The fourth-order valence-corrected chi connectivity index (χ4v) is 6.56. The van der Waals surface area contributed by atoms with Crippen molar-refractivity contribution in [3.8, 4) is 0 Å². The van der Waals surface area contributed by atoms with Crippen LogP contribution in [0.5, 0.6) is 0 Å². The van der Waals surface area contributed by atoms with Crippen LogP contribution in [0.2, 0.25) is 0 Å². The Hall–Kier alpha value is -2.42. The van der Waals surface area contributed by atoms with Crippen LogP contribution in [0.3, 0.4) is 0 Å². The summed E-state index contributed by atoms with van der Waals surface area (Å²) in [4.78, 5) is 16.8. The summed E-state index contributed by atoms with van der Waals surface area (Å²) in [5.74, 6) is 2.34. The number of aromatic nitrogens is 1. The molecule has 1 unspecified atom stereocenters. The summed E-state index contributed by atoms with van der Waals surface area (Å²) in [5.41, 5.74) is 5.01. The second-order valence-corrected chi connectivity index (χ2v) is 9.57. The van der Waals surface area contributed by atoms with Crippen LogP contribution >= 0.6 is 0 Å². The van der Waals surface area contributed by atoms with Crippen LogP contribution < -0.4 is 0 Å².